The van der Waals surface area contributed by atoms with Crippen molar-refractivity contribution in [2.45, 2.75) is 77.5 Å². The van der Waals surface area contributed by atoms with Crippen LogP contribution in [-0.2, 0) is 9.16 Å². The average Bonchev–Trinajstić information content (AvgIpc) is 2.59. The van der Waals surface area contributed by atoms with Gasteiger partial charge in [-0.25, -0.2) is 4.79 Å². The van der Waals surface area contributed by atoms with Crippen molar-refractivity contribution in [2.75, 3.05) is 13.2 Å². The van der Waals surface area contributed by atoms with Crippen molar-refractivity contribution in [1.82, 2.24) is 5.32 Å². The third kappa shape index (κ3) is 9.64. The lowest BCUT2D eigenvalue weighted by atomic mass is 10.1. The van der Waals surface area contributed by atoms with E-state index in [2.05, 4.69) is 33.9 Å². The molecule has 0 aliphatic heterocycles. The van der Waals surface area contributed by atoms with Crippen LogP contribution in [0, 0.1) is 0 Å². The van der Waals surface area contributed by atoms with Crippen LogP contribution in [0.2, 0.25) is 18.1 Å². The van der Waals surface area contributed by atoms with E-state index in [1.807, 2.05) is 5.32 Å². The van der Waals surface area contributed by atoms with Gasteiger partial charge in [0.05, 0.1) is 6.61 Å². The molecule has 1 aromatic rings. The van der Waals surface area contributed by atoms with Crippen LogP contribution in [0.3, 0.4) is 0 Å². The largest absolute Gasteiger partial charge is 0.491 e. The molecule has 1 N–H and O–H groups in total. The standard InChI is InChI=1S/C23H36F3NO4Si/c1-21(2,3)31-20(28)27-19(23(24,25)26)14-13-17-11-9-10-12-18(17)29-15-16-30-32(7,8)22(4,5)6/h9-14,19H,15-16H2,1-8H3,(H,27,28)/b14-13+/t19-/m0/s1. The smallest absolute Gasteiger partial charge is 0.412 e. The monoisotopic (exact) mass is 475 g/mol. The maximum atomic E-state index is 13.4. The molecular weight excluding hydrogens is 439 g/mol. The number of ether oxygens (including phenoxy) is 2. The van der Waals surface area contributed by atoms with Gasteiger partial charge in [-0.3, -0.25) is 0 Å². The van der Waals surface area contributed by atoms with E-state index in [9.17, 15) is 18.0 Å². The first-order chi connectivity index (χ1) is 14.4. The second-order valence-electron chi connectivity index (χ2n) is 10.0. The molecule has 0 bridgehead atoms. The van der Waals surface area contributed by atoms with E-state index in [1.54, 1.807) is 45.0 Å². The quantitative estimate of drug-likeness (QED) is 0.342. The summed E-state index contributed by atoms with van der Waals surface area (Å²) in [4.78, 5) is 11.8. The van der Waals surface area contributed by atoms with Gasteiger partial charge in [0, 0.05) is 5.56 Å². The Hall–Kier alpha value is -2.00. The van der Waals surface area contributed by atoms with Crippen molar-refractivity contribution in [1.29, 1.82) is 0 Å². The van der Waals surface area contributed by atoms with E-state index in [0.29, 0.717) is 17.9 Å². The topological polar surface area (TPSA) is 56.8 Å². The Morgan fingerprint density at radius 1 is 1.06 bits per heavy atom. The Balaban J connectivity index is 2.85. The van der Waals surface area contributed by atoms with Crippen LogP contribution >= 0.6 is 0 Å². The molecule has 0 heterocycles. The van der Waals surface area contributed by atoms with Crippen molar-refractivity contribution in [2.24, 2.45) is 0 Å². The van der Waals surface area contributed by atoms with Crippen molar-refractivity contribution in [3.05, 3.63) is 35.9 Å². The number of alkyl carbamates (subject to hydrolysis) is 1. The van der Waals surface area contributed by atoms with Gasteiger partial charge in [0.15, 0.2) is 8.32 Å². The van der Waals surface area contributed by atoms with Gasteiger partial charge < -0.3 is 19.2 Å². The number of nitrogens with one attached hydrogen (secondary N) is 1. The summed E-state index contributed by atoms with van der Waals surface area (Å²) in [6.07, 6.45) is -3.67. The Morgan fingerprint density at radius 2 is 1.66 bits per heavy atom. The second-order valence-corrected chi connectivity index (χ2v) is 14.8. The molecule has 0 unspecified atom stereocenters. The third-order valence-corrected chi connectivity index (χ3v) is 9.56. The number of carbonyl (C=O) groups is 1. The summed E-state index contributed by atoms with van der Waals surface area (Å²) < 4.78 is 57.0. The summed E-state index contributed by atoms with van der Waals surface area (Å²) in [5.74, 6) is 0.431. The number of hydrogen-bond acceptors (Lipinski definition) is 4. The molecule has 0 aliphatic rings. The van der Waals surface area contributed by atoms with E-state index in [1.165, 1.54) is 6.08 Å². The summed E-state index contributed by atoms with van der Waals surface area (Å²) >= 11 is 0. The van der Waals surface area contributed by atoms with E-state index in [-0.39, 0.29) is 11.6 Å². The zero-order valence-electron chi connectivity index (χ0n) is 20.2. The Kier molecular flexibility index (Phi) is 9.41. The van der Waals surface area contributed by atoms with Gasteiger partial charge in [0.2, 0.25) is 0 Å². The van der Waals surface area contributed by atoms with Crippen LogP contribution < -0.4 is 10.1 Å². The highest BCUT2D eigenvalue weighted by Gasteiger charge is 2.40. The zero-order chi connectivity index (χ0) is 24.8. The van der Waals surface area contributed by atoms with Gasteiger partial charge in [-0.2, -0.15) is 13.2 Å². The van der Waals surface area contributed by atoms with Crippen LogP contribution in [-0.4, -0.2) is 45.4 Å². The minimum Gasteiger partial charge on any atom is -0.491 e. The fourth-order valence-electron chi connectivity index (χ4n) is 2.29. The summed E-state index contributed by atoms with van der Waals surface area (Å²) in [7, 11) is -1.91. The van der Waals surface area contributed by atoms with Crippen molar-refractivity contribution in [3.8, 4) is 5.75 Å². The summed E-state index contributed by atoms with van der Waals surface area (Å²) in [6, 6.07) is 4.55. The first-order valence-electron chi connectivity index (χ1n) is 10.5. The number of benzene rings is 1. The molecule has 0 saturated carbocycles. The van der Waals surface area contributed by atoms with Gasteiger partial charge in [0.25, 0.3) is 0 Å². The fourth-order valence-corrected chi connectivity index (χ4v) is 3.31. The Morgan fingerprint density at radius 3 is 2.19 bits per heavy atom. The van der Waals surface area contributed by atoms with Gasteiger partial charge in [-0.05, 0) is 45.0 Å². The maximum Gasteiger partial charge on any atom is 0.412 e. The lowest BCUT2D eigenvalue weighted by molar-refractivity contribution is -0.143. The van der Waals surface area contributed by atoms with Gasteiger partial charge >= 0.3 is 12.3 Å². The van der Waals surface area contributed by atoms with Crippen molar-refractivity contribution >= 4 is 20.5 Å². The van der Waals surface area contributed by atoms with Gasteiger partial charge in [-0.1, -0.05) is 51.1 Å². The number of amides is 1. The van der Waals surface area contributed by atoms with Crippen LogP contribution in [0.1, 0.15) is 47.1 Å². The Labute approximate surface area is 190 Å². The zero-order valence-corrected chi connectivity index (χ0v) is 21.2. The number of rotatable bonds is 8. The lowest BCUT2D eigenvalue weighted by Crippen LogP contribution is -2.46. The summed E-state index contributed by atoms with van der Waals surface area (Å²) in [5.41, 5.74) is -0.447. The number of hydrogen-bond donors (Lipinski definition) is 1. The molecule has 0 fully saturated rings. The second kappa shape index (κ2) is 10.7. The molecule has 1 rings (SSSR count). The average molecular weight is 476 g/mol. The van der Waals surface area contributed by atoms with Crippen LogP contribution in [0.25, 0.3) is 6.08 Å². The maximum absolute atomic E-state index is 13.4. The minimum absolute atomic E-state index is 0.0708. The lowest BCUT2D eigenvalue weighted by Gasteiger charge is -2.36. The fraction of sp³-hybridized carbons (Fsp3) is 0.609. The molecule has 0 radical (unpaired) electrons. The molecule has 32 heavy (non-hydrogen) atoms. The molecule has 0 spiro atoms. The van der Waals surface area contributed by atoms with Crippen molar-refractivity contribution < 1.29 is 31.9 Å². The van der Waals surface area contributed by atoms with E-state index >= 15 is 0 Å². The van der Waals surface area contributed by atoms with Gasteiger partial charge in [0.1, 0.15) is 24.0 Å². The molecule has 1 atom stereocenters. The minimum atomic E-state index is -4.68. The van der Waals surface area contributed by atoms with Crippen LogP contribution in [0.15, 0.2) is 30.3 Å². The van der Waals surface area contributed by atoms with Crippen LogP contribution in [0.5, 0.6) is 5.75 Å². The summed E-state index contributed by atoms with van der Waals surface area (Å²) in [6.45, 7) is 16.1. The molecule has 0 saturated heterocycles. The first-order valence-corrected chi connectivity index (χ1v) is 13.4. The van der Waals surface area contributed by atoms with Crippen molar-refractivity contribution in [3.63, 3.8) is 0 Å². The third-order valence-electron chi connectivity index (χ3n) is 5.02. The first kappa shape index (κ1) is 28.0. The highest BCUT2D eigenvalue weighted by atomic mass is 28.4. The van der Waals surface area contributed by atoms with E-state index in [0.717, 1.165) is 6.08 Å². The van der Waals surface area contributed by atoms with Crippen LogP contribution in [0.4, 0.5) is 18.0 Å². The molecule has 0 aromatic heterocycles. The molecule has 9 heteroatoms. The molecule has 1 aromatic carbocycles. The van der Waals surface area contributed by atoms with Gasteiger partial charge in [-0.15, -0.1) is 0 Å². The Bertz CT molecular complexity index is 781. The molecule has 5 nitrogen and oxygen atoms in total. The SMILES string of the molecule is CC(C)(C)OC(=O)N[C@@H](/C=C/c1ccccc1OCCO[Si](C)(C)C(C)(C)C)C(F)(F)F. The highest BCUT2D eigenvalue weighted by Crippen LogP contribution is 2.36. The normalized spacial score (nSPS) is 14.3. The molecule has 0 aliphatic carbocycles. The molecule has 1 amide bonds. The number of halogens is 3. The predicted octanol–water partition coefficient (Wildman–Crippen LogP) is 6.56. The van der Waals surface area contributed by atoms with E-state index < -0.39 is 32.2 Å². The number of carbonyl (C=O) groups excluding carboxylic acids is 1. The molecular formula is C23H36F3NO4Si. The van der Waals surface area contributed by atoms with E-state index in [4.69, 9.17) is 13.9 Å². The highest BCUT2D eigenvalue weighted by molar-refractivity contribution is 6.74. The number of para-hydroxylation sites is 1. The predicted molar refractivity (Wildman–Crippen MR) is 123 cm³/mol. The molecule has 182 valence electrons. The summed E-state index contributed by atoms with van der Waals surface area (Å²) in [5, 5.41) is 1.93. The number of alkyl halides is 3.